The van der Waals surface area contributed by atoms with Crippen LogP contribution < -0.4 is 10.6 Å². The third-order valence-electron chi connectivity index (χ3n) is 2.23. The zero-order chi connectivity index (χ0) is 11.1. The van der Waals surface area contributed by atoms with Gasteiger partial charge in [0.25, 0.3) is 0 Å². The van der Waals surface area contributed by atoms with E-state index < -0.39 is 0 Å². The van der Waals surface area contributed by atoms with Gasteiger partial charge >= 0.3 is 0 Å². The molecule has 0 aliphatic heterocycles. The molecule has 0 saturated heterocycles. The Hall–Kier alpha value is -1.51. The Bertz CT molecular complexity index is 298. The molecule has 15 heavy (non-hydrogen) atoms. The van der Waals surface area contributed by atoms with E-state index in [4.69, 9.17) is 0 Å². The molecular weight excluding hydrogens is 188 g/mol. The van der Waals surface area contributed by atoms with E-state index in [1.54, 1.807) is 6.92 Å². The first-order valence-electron chi connectivity index (χ1n) is 5.28. The fourth-order valence-electron chi connectivity index (χ4n) is 1.38. The van der Waals surface area contributed by atoms with Gasteiger partial charge in [-0.3, -0.25) is 4.79 Å². The second kappa shape index (κ2) is 6.06. The van der Waals surface area contributed by atoms with E-state index in [1.165, 1.54) is 0 Å². The average molecular weight is 206 g/mol. The predicted molar refractivity (Wildman–Crippen MR) is 62.8 cm³/mol. The molecule has 0 heterocycles. The Labute approximate surface area is 90.9 Å². The lowest BCUT2D eigenvalue weighted by Gasteiger charge is -2.17. The fraction of sp³-hybridized carbons (Fsp3) is 0.417. The van der Waals surface area contributed by atoms with Gasteiger partial charge in [0.1, 0.15) is 0 Å². The molecule has 0 radical (unpaired) electrons. The summed E-state index contributed by atoms with van der Waals surface area (Å²) in [6.45, 7) is 4.37. The van der Waals surface area contributed by atoms with Gasteiger partial charge in [-0.15, -0.1) is 0 Å². The van der Waals surface area contributed by atoms with Crippen LogP contribution >= 0.6 is 0 Å². The summed E-state index contributed by atoms with van der Waals surface area (Å²) in [5.41, 5.74) is 1.08. The molecule has 2 N–H and O–H groups in total. The summed E-state index contributed by atoms with van der Waals surface area (Å²) in [6.07, 6.45) is 0.930. The van der Waals surface area contributed by atoms with Crippen molar-refractivity contribution in [3.05, 3.63) is 30.3 Å². The molecule has 1 rings (SSSR count). The summed E-state index contributed by atoms with van der Waals surface area (Å²) >= 11 is 0. The molecule has 0 saturated carbocycles. The number of benzene rings is 1. The first kappa shape index (κ1) is 11.6. The standard InChI is InChI=1S/C12H18N2O/c1-3-11(14-10(2)15)9-13-12-7-5-4-6-8-12/h4-8,11,13H,3,9H2,1-2H3,(H,14,15). The maximum Gasteiger partial charge on any atom is 0.217 e. The summed E-state index contributed by atoms with van der Waals surface area (Å²) < 4.78 is 0. The molecule has 3 heteroatoms. The highest BCUT2D eigenvalue weighted by molar-refractivity contribution is 5.73. The second-order valence-corrected chi connectivity index (χ2v) is 3.55. The monoisotopic (exact) mass is 206 g/mol. The van der Waals surface area contributed by atoms with Crippen LogP contribution in [0.15, 0.2) is 30.3 Å². The van der Waals surface area contributed by atoms with Crippen molar-refractivity contribution >= 4 is 11.6 Å². The Morgan fingerprint density at radius 1 is 1.33 bits per heavy atom. The molecule has 0 aliphatic rings. The molecule has 0 aromatic heterocycles. The van der Waals surface area contributed by atoms with Crippen molar-refractivity contribution in [1.29, 1.82) is 0 Å². The van der Waals surface area contributed by atoms with Crippen molar-refractivity contribution < 1.29 is 4.79 Å². The highest BCUT2D eigenvalue weighted by Gasteiger charge is 2.06. The number of amides is 1. The number of hydrogen-bond acceptors (Lipinski definition) is 2. The summed E-state index contributed by atoms with van der Waals surface area (Å²) in [6, 6.07) is 10.2. The van der Waals surface area contributed by atoms with Gasteiger partial charge in [0.05, 0.1) is 0 Å². The number of hydrogen-bond donors (Lipinski definition) is 2. The molecule has 1 unspecified atom stereocenters. The molecule has 82 valence electrons. The van der Waals surface area contributed by atoms with Crippen LogP contribution in [0.5, 0.6) is 0 Å². The highest BCUT2D eigenvalue weighted by atomic mass is 16.1. The van der Waals surface area contributed by atoms with Crippen LogP contribution in [0.2, 0.25) is 0 Å². The van der Waals surface area contributed by atoms with E-state index in [1.807, 2.05) is 30.3 Å². The van der Waals surface area contributed by atoms with E-state index in [0.29, 0.717) is 0 Å². The molecule has 0 fully saturated rings. The van der Waals surface area contributed by atoms with Crippen molar-refractivity contribution in [2.75, 3.05) is 11.9 Å². The van der Waals surface area contributed by atoms with Gasteiger partial charge in [-0.2, -0.15) is 0 Å². The van der Waals surface area contributed by atoms with Crippen molar-refractivity contribution in [3.8, 4) is 0 Å². The average Bonchev–Trinajstić information content (AvgIpc) is 2.25. The number of carbonyl (C=O) groups is 1. The molecule has 0 spiro atoms. The summed E-state index contributed by atoms with van der Waals surface area (Å²) in [7, 11) is 0. The van der Waals surface area contributed by atoms with E-state index >= 15 is 0 Å². The molecular formula is C12H18N2O. The SMILES string of the molecule is CCC(CNc1ccccc1)NC(C)=O. The van der Waals surface area contributed by atoms with Crippen LogP contribution in [0.1, 0.15) is 20.3 Å². The lowest BCUT2D eigenvalue weighted by atomic mass is 10.2. The third kappa shape index (κ3) is 4.49. The van der Waals surface area contributed by atoms with Crippen LogP contribution in [0.25, 0.3) is 0 Å². The third-order valence-corrected chi connectivity index (χ3v) is 2.23. The minimum Gasteiger partial charge on any atom is -0.383 e. The van der Waals surface area contributed by atoms with Gasteiger partial charge in [0.2, 0.25) is 5.91 Å². The molecule has 1 atom stereocenters. The second-order valence-electron chi connectivity index (χ2n) is 3.55. The van der Waals surface area contributed by atoms with Gasteiger partial charge in [-0.1, -0.05) is 25.1 Å². The van der Waals surface area contributed by atoms with Gasteiger partial charge in [0, 0.05) is 25.2 Å². The minimum atomic E-state index is 0.0247. The minimum absolute atomic E-state index is 0.0247. The van der Waals surface area contributed by atoms with Crippen LogP contribution in [-0.2, 0) is 4.79 Å². The van der Waals surface area contributed by atoms with Crippen molar-refractivity contribution in [3.63, 3.8) is 0 Å². The Morgan fingerprint density at radius 3 is 2.53 bits per heavy atom. The van der Waals surface area contributed by atoms with E-state index in [0.717, 1.165) is 18.7 Å². The zero-order valence-electron chi connectivity index (χ0n) is 9.29. The Kier molecular flexibility index (Phi) is 4.68. The van der Waals surface area contributed by atoms with E-state index in [2.05, 4.69) is 17.6 Å². The predicted octanol–water partition coefficient (Wildman–Crippen LogP) is 2.01. The maximum absolute atomic E-state index is 10.9. The largest absolute Gasteiger partial charge is 0.383 e. The maximum atomic E-state index is 10.9. The lowest BCUT2D eigenvalue weighted by Crippen LogP contribution is -2.37. The molecule has 1 aromatic rings. The number of anilines is 1. The molecule has 0 bridgehead atoms. The van der Waals surface area contributed by atoms with E-state index in [9.17, 15) is 4.79 Å². The van der Waals surface area contributed by atoms with Crippen molar-refractivity contribution in [2.45, 2.75) is 26.3 Å². The van der Waals surface area contributed by atoms with Crippen molar-refractivity contribution in [2.24, 2.45) is 0 Å². The summed E-state index contributed by atoms with van der Waals surface area (Å²) in [5.74, 6) is 0.0247. The van der Waals surface area contributed by atoms with Crippen LogP contribution in [0.3, 0.4) is 0 Å². The van der Waals surface area contributed by atoms with Gasteiger partial charge in [-0.05, 0) is 18.6 Å². The lowest BCUT2D eigenvalue weighted by molar-refractivity contribution is -0.119. The number of rotatable bonds is 5. The fourth-order valence-corrected chi connectivity index (χ4v) is 1.38. The quantitative estimate of drug-likeness (QED) is 0.773. The number of carbonyl (C=O) groups excluding carboxylic acids is 1. The van der Waals surface area contributed by atoms with E-state index in [-0.39, 0.29) is 11.9 Å². The molecule has 1 amide bonds. The van der Waals surface area contributed by atoms with Crippen LogP contribution in [-0.4, -0.2) is 18.5 Å². The Morgan fingerprint density at radius 2 is 2.00 bits per heavy atom. The highest BCUT2D eigenvalue weighted by Crippen LogP contribution is 2.05. The van der Waals surface area contributed by atoms with Crippen LogP contribution in [0.4, 0.5) is 5.69 Å². The summed E-state index contributed by atoms with van der Waals surface area (Å²) in [4.78, 5) is 10.9. The van der Waals surface area contributed by atoms with Gasteiger partial charge in [-0.25, -0.2) is 0 Å². The zero-order valence-corrected chi connectivity index (χ0v) is 9.29. The van der Waals surface area contributed by atoms with Crippen molar-refractivity contribution in [1.82, 2.24) is 5.32 Å². The molecule has 3 nitrogen and oxygen atoms in total. The topological polar surface area (TPSA) is 41.1 Å². The normalized spacial score (nSPS) is 11.9. The number of nitrogens with one attached hydrogen (secondary N) is 2. The Balaban J connectivity index is 2.37. The van der Waals surface area contributed by atoms with Gasteiger partial charge in [0.15, 0.2) is 0 Å². The molecule has 0 aliphatic carbocycles. The first-order chi connectivity index (χ1) is 7.22. The number of para-hydroxylation sites is 1. The van der Waals surface area contributed by atoms with Gasteiger partial charge < -0.3 is 10.6 Å². The summed E-state index contributed by atoms with van der Waals surface area (Å²) in [5, 5.41) is 6.18. The van der Waals surface area contributed by atoms with Crippen LogP contribution in [0, 0.1) is 0 Å². The smallest absolute Gasteiger partial charge is 0.217 e. The first-order valence-corrected chi connectivity index (χ1v) is 5.28. The molecule has 1 aromatic carbocycles.